The Morgan fingerprint density at radius 1 is 1.21 bits per heavy atom. The van der Waals surface area contributed by atoms with Gasteiger partial charge in [-0.25, -0.2) is 4.98 Å². The SMILES string of the molecule is CC(C)c1ccccc1Nc1ncccc1C(N)=O. The van der Waals surface area contributed by atoms with Crippen LogP contribution in [0.3, 0.4) is 0 Å². The van der Waals surface area contributed by atoms with Crippen molar-refractivity contribution in [2.24, 2.45) is 5.73 Å². The van der Waals surface area contributed by atoms with Gasteiger partial charge in [-0.3, -0.25) is 4.79 Å². The third-order valence-corrected chi connectivity index (χ3v) is 2.91. The van der Waals surface area contributed by atoms with Gasteiger partial charge in [-0.1, -0.05) is 32.0 Å². The van der Waals surface area contributed by atoms with Crippen molar-refractivity contribution in [3.63, 3.8) is 0 Å². The Morgan fingerprint density at radius 2 is 1.95 bits per heavy atom. The smallest absolute Gasteiger partial charge is 0.252 e. The molecule has 4 heteroatoms. The minimum Gasteiger partial charge on any atom is -0.365 e. The Labute approximate surface area is 112 Å². The molecule has 0 aliphatic rings. The summed E-state index contributed by atoms with van der Waals surface area (Å²) < 4.78 is 0. The Morgan fingerprint density at radius 3 is 2.63 bits per heavy atom. The molecule has 0 bridgehead atoms. The van der Waals surface area contributed by atoms with Crippen LogP contribution in [-0.2, 0) is 0 Å². The molecule has 0 atom stereocenters. The number of primary amides is 1. The standard InChI is InChI=1S/C15H17N3O/c1-10(2)11-6-3-4-8-13(11)18-15-12(14(16)19)7-5-9-17-15/h3-10H,1-2H3,(H2,16,19)(H,17,18). The second-order valence-corrected chi connectivity index (χ2v) is 4.63. The molecule has 0 unspecified atom stereocenters. The zero-order valence-electron chi connectivity index (χ0n) is 11.1. The molecule has 1 aromatic carbocycles. The van der Waals surface area contributed by atoms with Gasteiger partial charge in [0.25, 0.3) is 5.91 Å². The molecule has 0 spiro atoms. The van der Waals surface area contributed by atoms with Gasteiger partial charge in [0.15, 0.2) is 0 Å². The molecule has 19 heavy (non-hydrogen) atoms. The lowest BCUT2D eigenvalue weighted by Gasteiger charge is -2.15. The average Bonchev–Trinajstić information content (AvgIpc) is 2.39. The predicted molar refractivity (Wildman–Crippen MR) is 76.6 cm³/mol. The van der Waals surface area contributed by atoms with Crippen LogP contribution in [0, 0.1) is 0 Å². The predicted octanol–water partition coefficient (Wildman–Crippen LogP) is 3.05. The van der Waals surface area contributed by atoms with E-state index >= 15 is 0 Å². The first-order valence-electron chi connectivity index (χ1n) is 6.20. The van der Waals surface area contributed by atoms with E-state index in [1.807, 2.05) is 18.2 Å². The summed E-state index contributed by atoms with van der Waals surface area (Å²) in [4.78, 5) is 15.6. The van der Waals surface area contributed by atoms with Crippen LogP contribution in [0.5, 0.6) is 0 Å². The van der Waals surface area contributed by atoms with Gasteiger partial charge in [0.1, 0.15) is 5.82 Å². The lowest BCUT2D eigenvalue weighted by atomic mass is 10.0. The van der Waals surface area contributed by atoms with Crippen LogP contribution >= 0.6 is 0 Å². The lowest BCUT2D eigenvalue weighted by molar-refractivity contribution is 0.100. The molecule has 2 aromatic rings. The van der Waals surface area contributed by atoms with Crippen molar-refractivity contribution in [2.75, 3.05) is 5.32 Å². The number of amides is 1. The van der Waals surface area contributed by atoms with Crippen molar-refractivity contribution in [3.8, 4) is 0 Å². The number of anilines is 2. The molecule has 0 saturated carbocycles. The highest BCUT2D eigenvalue weighted by molar-refractivity contribution is 5.98. The maximum atomic E-state index is 11.4. The van der Waals surface area contributed by atoms with E-state index in [1.165, 1.54) is 5.56 Å². The van der Waals surface area contributed by atoms with E-state index < -0.39 is 5.91 Å². The highest BCUT2D eigenvalue weighted by Gasteiger charge is 2.11. The molecule has 1 aromatic heterocycles. The average molecular weight is 255 g/mol. The van der Waals surface area contributed by atoms with E-state index in [2.05, 4.69) is 30.2 Å². The Bertz CT molecular complexity index is 593. The summed E-state index contributed by atoms with van der Waals surface area (Å²) in [5.74, 6) is 0.380. The number of carbonyl (C=O) groups is 1. The number of carbonyl (C=O) groups excluding carboxylic acids is 1. The van der Waals surface area contributed by atoms with E-state index in [-0.39, 0.29) is 0 Å². The number of hydrogen-bond acceptors (Lipinski definition) is 3. The first-order chi connectivity index (χ1) is 9.09. The minimum atomic E-state index is -0.488. The number of para-hydroxylation sites is 1. The summed E-state index contributed by atoms with van der Waals surface area (Å²) in [6.07, 6.45) is 1.63. The van der Waals surface area contributed by atoms with Gasteiger partial charge in [-0.2, -0.15) is 0 Å². The van der Waals surface area contributed by atoms with Gasteiger partial charge < -0.3 is 11.1 Å². The van der Waals surface area contributed by atoms with Gasteiger partial charge >= 0.3 is 0 Å². The molecule has 0 aliphatic heterocycles. The molecule has 2 rings (SSSR count). The lowest BCUT2D eigenvalue weighted by Crippen LogP contribution is -2.14. The number of hydrogen-bond donors (Lipinski definition) is 2. The second kappa shape index (κ2) is 5.52. The van der Waals surface area contributed by atoms with E-state index in [4.69, 9.17) is 5.73 Å². The molecular weight excluding hydrogens is 238 g/mol. The first-order valence-corrected chi connectivity index (χ1v) is 6.20. The van der Waals surface area contributed by atoms with Crippen molar-refractivity contribution in [1.82, 2.24) is 4.98 Å². The van der Waals surface area contributed by atoms with Crippen molar-refractivity contribution in [3.05, 3.63) is 53.7 Å². The molecular formula is C15H17N3O. The topological polar surface area (TPSA) is 68.0 Å². The van der Waals surface area contributed by atoms with Crippen molar-refractivity contribution < 1.29 is 4.79 Å². The summed E-state index contributed by atoms with van der Waals surface area (Å²) in [7, 11) is 0. The Kier molecular flexibility index (Phi) is 3.80. The monoisotopic (exact) mass is 255 g/mol. The van der Waals surface area contributed by atoms with Gasteiger partial charge in [0.05, 0.1) is 5.56 Å². The normalized spacial score (nSPS) is 10.5. The molecule has 4 nitrogen and oxygen atoms in total. The Hall–Kier alpha value is -2.36. The summed E-state index contributed by atoms with van der Waals surface area (Å²) in [5, 5.41) is 3.19. The quantitative estimate of drug-likeness (QED) is 0.882. The fraction of sp³-hybridized carbons (Fsp3) is 0.200. The molecule has 0 fully saturated rings. The van der Waals surface area contributed by atoms with Crippen LogP contribution in [-0.4, -0.2) is 10.9 Å². The van der Waals surface area contributed by atoms with Gasteiger partial charge in [0, 0.05) is 11.9 Å². The number of nitrogens with zero attached hydrogens (tertiary/aromatic N) is 1. The van der Waals surface area contributed by atoms with Crippen molar-refractivity contribution >= 4 is 17.4 Å². The summed E-state index contributed by atoms with van der Waals surface area (Å²) in [6, 6.07) is 11.3. The van der Waals surface area contributed by atoms with Crippen LogP contribution in [0.1, 0.15) is 35.7 Å². The fourth-order valence-electron chi connectivity index (χ4n) is 1.95. The fourth-order valence-corrected chi connectivity index (χ4v) is 1.95. The number of pyridine rings is 1. The molecule has 1 heterocycles. The highest BCUT2D eigenvalue weighted by Crippen LogP contribution is 2.27. The van der Waals surface area contributed by atoms with Gasteiger partial charge in [0.2, 0.25) is 0 Å². The molecule has 1 amide bonds. The Balaban J connectivity index is 2.39. The number of nitrogens with one attached hydrogen (secondary N) is 1. The van der Waals surface area contributed by atoms with Gasteiger partial charge in [-0.15, -0.1) is 0 Å². The number of nitrogens with two attached hydrogens (primary N) is 1. The van der Waals surface area contributed by atoms with Crippen LogP contribution in [0.2, 0.25) is 0 Å². The third-order valence-electron chi connectivity index (χ3n) is 2.91. The van der Waals surface area contributed by atoms with Crippen molar-refractivity contribution in [1.29, 1.82) is 0 Å². The molecule has 3 N–H and O–H groups in total. The van der Waals surface area contributed by atoms with Crippen LogP contribution in [0.25, 0.3) is 0 Å². The maximum Gasteiger partial charge on any atom is 0.252 e. The van der Waals surface area contributed by atoms with Crippen LogP contribution in [0.4, 0.5) is 11.5 Å². The zero-order chi connectivity index (χ0) is 13.8. The molecule has 0 aliphatic carbocycles. The van der Waals surface area contributed by atoms with E-state index in [0.717, 1.165) is 5.69 Å². The first kappa shape index (κ1) is 13.1. The molecule has 0 radical (unpaired) electrons. The van der Waals surface area contributed by atoms with Gasteiger partial charge in [-0.05, 0) is 29.7 Å². The second-order valence-electron chi connectivity index (χ2n) is 4.63. The maximum absolute atomic E-state index is 11.4. The van der Waals surface area contributed by atoms with Crippen molar-refractivity contribution in [2.45, 2.75) is 19.8 Å². The minimum absolute atomic E-state index is 0.379. The largest absolute Gasteiger partial charge is 0.365 e. The zero-order valence-corrected chi connectivity index (χ0v) is 11.1. The number of aromatic nitrogens is 1. The molecule has 98 valence electrons. The van der Waals surface area contributed by atoms with Crippen LogP contribution < -0.4 is 11.1 Å². The van der Waals surface area contributed by atoms with E-state index in [1.54, 1.807) is 18.3 Å². The summed E-state index contributed by atoms with van der Waals surface area (Å²) in [5.41, 5.74) is 7.85. The number of benzene rings is 1. The number of rotatable bonds is 4. The third kappa shape index (κ3) is 2.91. The van der Waals surface area contributed by atoms with Crippen LogP contribution in [0.15, 0.2) is 42.6 Å². The highest BCUT2D eigenvalue weighted by atomic mass is 16.1. The van der Waals surface area contributed by atoms with E-state index in [0.29, 0.717) is 17.3 Å². The summed E-state index contributed by atoms with van der Waals surface area (Å²) in [6.45, 7) is 4.24. The molecule has 0 saturated heterocycles. The van der Waals surface area contributed by atoms with E-state index in [9.17, 15) is 4.79 Å². The summed E-state index contributed by atoms with van der Waals surface area (Å²) >= 11 is 0.